The fraction of sp³-hybridized carbons (Fsp3) is 1.00. The van der Waals surface area contributed by atoms with E-state index in [1.807, 2.05) is 4.90 Å². The predicted octanol–water partition coefficient (Wildman–Crippen LogP) is 5.08. The molecule has 2 heterocycles. The van der Waals surface area contributed by atoms with E-state index in [1.165, 1.54) is 51.9 Å². The molecule has 0 bridgehead atoms. The number of likely N-dealkylation sites (tertiary alicyclic amines) is 2. The van der Waals surface area contributed by atoms with Crippen LogP contribution >= 0.6 is 0 Å². The zero-order valence-electron chi connectivity index (χ0n) is 66.6. The first-order valence-corrected chi connectivity index (χ1v) is 36.5. The summed E-state index contributed by atoms with van der Waals surface area (Å²) in [4.78, 5) is 9.20. The van der Waals surface area contributed by atoms with E-state index in [1.54, 1.807) is 0 Å². The van der Waals surface area contributed by atoms with Crippen LogP contribution in [0.1, 0.15) is 190 Å². The van der Waals surface area contributed by atoms with Crippen molar-refractivity contribution in [3.63, 3.8) is 0 Å². The Balaban J connectivity index is -0.000000249. The maximum absolute atomic E-state index is 8.70. The third-order valence-electron chi connectivity index (χ3n) is 14.0. The summed E-state index contributed by atoms with van der Waals surface area (Å²) in [5.74, 6) is 0. The minimum Gasteiger partial charge on any atom is -0.396 e. The van der Waals surface area contributed by atoms with Gasteiger partial charge in [0, 0.05) is 111 Å². The maximum atomic E-state index is 8.70. The van der Waals surface area contributed by atoms with Gasteiger partial charge in [-0.3, -0.25) is 9.80 Å². The minimum absolute atomic E-state index is 0.0332. The molecule has 96 heavy (non-hydrogen) atoms. The third-order valence-corrected chi connectivity index (χ3v) is 14.0. The van der Waals surface area contributed by atoms with E-state index < -0.39 is 0 Å². The lowest BCUT2D eigenvalue weighted by Crippen LogP contribution is -2.44. The van der Waals surface area contributed by atoms with Crippen molar-refractivity contribution in [3.05, 3.63) is 0 Å². The second kappa shape index (κ2) is 71.0. The molecule has 0 aliphatic carbocycles. The van der Waals surface area contributed by atoms with Gasteiger partial charge in [-0.2, -0.15) is 0 Å². The molecule has 24 heteroatoms. The normalized spacial score (nSPS) is 14.5. The highest BCUT2D eigenvalue weighted by Crippen LogP contribution is 2.12. The molecule has 2 saturated heterocycles. The summed E-state index contributed by atoms with van der Waals surface area (Å²) in [6, 6.07) is 0.970. The molecule has 2 aliphatic rings. The Bertz CT molecular complexity index is 1460. The van der Waals surface area contributed by atoms with Crippen molar-refractivity contribution in [2.45, 2.75) is 236 Å². The van der Waals surface area contributed by atoms with E-state index in [2.05, 4.69) is 194 Å². The summed E-state index contributed by atoms with van der Waals surface area (Å²) in [6.07, 6.45) is 8.17. The van der Waals surface area contributed by atoms with Crippen LogP contribution < -0.4 is 26.6 Å². The summed E-state index contributed by atoms with van der Waals surface area (Å²) in [7, 11) is 2.07. The van der Waals surface area contributed by atoms with Gasteiger partial charge in [0.05, 0.1) is 132 Å². The second-order valence-electron chi connectivity index (χ2n) is 30.2. The van der Waals surface area contributed by atoms with Crippen molar-refractivity contribution >= 4 is 0 Å². The smallest absolute Gasteiger partial charge is 0.0701 e. The Labute approximate surface area is 591 Å². The van der Waals surface area contributed by atoms with Gasteiger partial charge < -0.3 is 110 Å². The number of β-amino-alcohol motifs (C(OH)–C–C–N with tert-alkyl or cyclic N) is 3. The van der Waals surface area contributed by atoms with Crippen LogP contribution in [0.4, 0.5) is 0 Å². The quantitative estimate of drug-likeness (QED) is 0.0354. The van der Waals surface area contributed by atoms with Crippen LogP contribution in [0.15, 0.2) is 0 Å². The molecule has 2 aliphatic heterocycles. The summed E-state index contributed by atoms with van der Waals surface area (Å²) in [6.45, 7) is 67.2. The van der Waals surface area contributed by atoms with Crippen molar-refractivity contribution in [1.82, 2.24) is 46.2 Å². The number of nitrogens with one attached hydrogen (secondary N) is 5. The molecule has 0 saturated carbocycles. The average molecular weight is 1400 g/mol. The Morgan fingerprint density at radius 3 is 1.04 bits per heavy atom. The molecular weight excluding hydrogens is 1230 g/mol. The average Bonchev–Trinajstić information content (AvgIpc) is 3.19. The molecule has 0 radical (unpaired) electrons. The molecule has 0 amide bonds. The van der Waals surface area contributed by atoms with Crippen molar-refractivity contribution in [2.75, 3.05) is 237 Å². The van der Waals surface area contributed by atoms with E-state index in [0.29, 0.717) is 111 Å². The SMILES string of the molecule is C1CCN(CCOCCOCCOCCOCCN2CCCC2)C1.CC(C)(C)N(CCO)CCO.CC(C)(C)NCCCO.CC(C)(C)NCCO.CC(C)(C)NCCOCCO.CC(CCO)NC(C)(C)C.CCC(C)NCCOCCO.CN(CCOCCO)C(C)(C)C. The first-order chi connectivity index (χ1) is 44.9. The standard InChI is InChI=1S/C18H36N2O4.C9H21NO2.3C8H19NO2.C8H19NO.C7H17NO.C6H15NO/c1-2-6-19(5-1)9-11-21-13-15-23-17-18-24-16-14-22-12-10-20-7-3-4-8-20;1-9(2,3)10(4)5-7-12-8-6-11;1-8(2,3)9-4-6-11-7-5-10;1-8(2,3)9(4-6-10)5-7-11;1-3-8(2)9-4-6-11-7-5-10;1-7(5-6-10)9-8(2,3)4;1-7(2,3)8-5-4-6-9;1-6(2,3)7-4-5-8/h1-18H2;11H,5-8H2,1-4H3;9-10H,4-7H2,1-3H3;10-11H,4-7H2,1-3H3;8-10H,3-7H2,1-2H3;7,9-10H,5-6H2,1-4H3;8-9H,4-6H2,1-3H3;7-8H,4-5H2,1-3H3. The fourth-order valence-electron chi connectivity index (χ4n) is 8.22. The summed E-state index contributed by atoms with van der Waals surface area (Å²) < 4.78 is 37.4. The van der Waals surface area contributed by atoms with Crippen LogP contribution in [0.3, 0.4) is 0 Å². The first kappa shape index (κ1) is 106. The Hall–Kier alpha value is -0.960. The van der Waals surface area contributed by atoms with Crippen LogP contribution in [-0.2, 0) is 33.2 Å². The van der Waals surface area contributed by atoms with Gasteiger partial charge in [-0.1, -0.05) is 6.92 Å². The number of hydrogen-bond acceptors (Lipinski definition) is 24. The van der Waals surface area contributed by atoms with E-state index in [4.69, 9.17) is 74.0 Å². The Morgan fingerprint density at radius 1 is 0.365 bits per heavy atom. The molecule has 2 fully saturated rings. The van der Waals surface area contributed by atoms with E-state index in [0.717, 1.165) is 71.7 Å². The third kappa shape index (κ3) is 97.2. The molecule has 0 aromatic heterocycles. The van der Waals surface area contributed by atoms with Crippen LogP contribution in [0.5, 0.6) is 0 Å². The molecule has 0 spiro atoms. The largest absolute Gasteiger partial charge is 0.396 e. The first-order valence-electron chi connectivity index (χ1n) is 36.5. The van der Waals surface area contributed by atoms with Crippen LogP contribution in [0, 0.1) is 0 Å². The monoisotopic (exact) mass is 1400 g/mol. The molecule has 0 aromatic rings. The van der Waals surface area contributed by atoms with Crippen LogP contribution in [0.2, 0.25) is 0 Å². The predicted molar refractivity (Wildman–Crippen MR) is 400 cm³/mol. The van der Waals surface area contributed by atoms with Gasteiger partial charge in [0.15, 0.2) is 0 Å². The van der Waals surface area contributed by atoms with Gasteiger partial charge in [0.25, 0.3) is 0 Å². The van der Waals surface area contributed by atoms with Gasteiger partial charge in [-0.05, 0) is 223 Å². The van der Waals surface area contributed by atoms with Crippen LogP contribution in [-0.4, -0.2) is 343 Å². The number of nitrogens with zero attached hydrogens (tertiary/aromatic N) is 4. The Morgan fingerprint density at radius 2 is 0.729 bits per heavy atom. The van der Waals surface area contributed by atoms with Gasteiger partial charge in [-0.25, -0.2) is 0 Å². The molecule has 0 aromatic carbocycles. The number of rotatable bonds is 44. The van der Waals surface area contributed by atoms with Gasteiger partial charge >= 0.3 is 0 Å². The van der Waals surface area contributed by atoms with Gasteiger partial charge in [0.2, 0.25) is 0 Å². The molecule has 588 valence electrons. The molecule has 2 atom stereocenters. The van der Waals surface area contributed by atoms with Crippen molar-refractivity contribution in [1.29, 1.82) is 0 Å². The molecule has 24 nitrogen and oxygen atoms in total. The lowest BCUT2D eigenvalue weighted by molar-refractivity contribution is -0.00484. The lowest BCUT2D eigenvalue weighted by atomic mass is 10.1. The van der Waals surface area contributed by atoms with Crippen LogP contribution in [0.25, 0.3) is 0 Å². The van der Waals surface area contributed by atoms with Crippen molar-refractivity contribution < 1.29 is 74.0 Å². The van der Waals surface area contributed by atoms with E-state index in [-0.39, 0.29) is 86.1 Å². The minimum atomic E-state index is 0.0332. The number of aliphatic hydroxyl groups is 8. The molecule has 13 N–H and O–H groups in total. The Kier molecular flexibility index (Phi) is 78.5. The zero-order chi connectivity index (χ0) is 74.6. The molecule has 2 unspecified atom stereocenters. The van der Waals surface area contributed by atoms with Gasteiger partial charge in [-0.15, -0.1) is 0 Å². The highest BCUT2D eigenvalue weighted by atomic mass is 16.6. The van der Waals surface area contributed by atoms with Crippen molar-refractivity contribution in [2.24, 2.45) is 0 Å². The van der Waals surface area contributed by atoms with E-state index in [9.17, 15) is 0 Å². The topological polar surface area (TPSA) is 300 Å². The summed E-state index contributed by atoms with van der Waals surface area (Å²) in [5.41, 5.74) is 0.878. The summed E-state index contributed by atoms with van der Waals surface area (Å²) in [5, 5.41) is 84.3. The number of ether oxygens (including phenoxy) is 7. The second-order valence-corrected chi connectivity index (χ2v) is 30.2. The highest BCUT2D eigenvalue weighted by Gasteiger charge is 2.20. The zero-order valence-corrected chi connectivity index (χ0v) is 66.6. The lowest BCUT2D eigenvalue weighted by Gasteiger charge is -2.34. The van der Waals surface area contributed by atoms with E-state index >= 15 is 0 Å². The van der Waals surface area contributed by atoms with Gasteiger partial charge in [0.1, 0.15) is 0 Å². The fourth-order valence-corrected chi connectivity index (χ4v) is 8.22. The highest BCUT2D eigenvalue weighted by molar-refractivity contribution is 4.77. The number of aliphatic hydroxyl groups excluding tert-OH is 8. The molecular formula is C72H165N9O15. The summed E-state index contributed by atoms with van der Waals surface area (Å²) >= 11 is 0. The van der Waals surface area contributed by atoms with Crippen molar-refractivity contribution in [3.8, 4) is 0 Å². The maximum Gasteiger partial charge on any atom is 0.0701 e. The number of likely N-dealkylation sites (N-methyl/N-ethyl adjacent to an activating group) is 1. The molecule has 2 rings (SSSR count). The number of hydrogen-bond donors (Lipinski definition) is 13.